The van der Waals surface area contributed by atoms with Gasteiger partial charge in [-0.25, -0.2) is 4.79 Å². The summed E-state index contributed by atoms with van der Waals surface area (Å²) >= 11 is 0. The summed E-state index contributed by atoms with van der Waals surface area (Å²) in [5, 5.41) is 9.24. The Labute approximate surface area is 74.9 Å². The average molecular weight is 184 g/mol. The lowest BCUT2D eigenvalue weighted by Crippen LogP contribution is -2.38. The Morgan fingerprint density at radius 2 is 1.77 bits per heavy atom. The fourth-order valence-electron chi connectivity index (χ4n) is 1.19. The molecule has 0 saturated carbocycles. The van der Waals surface area contributed by atoms with E-state index in [1.165, 1.54) is 0 Å². The highest BCUT2D eigenvalue weighted by molar-refractivity contribution is 5.06. The molecule has 1 aromatic rings. The molecular weight excluding hydrogens is 172 g/mol. The molecule has 0 bridgehead atoms. The maximum Gasteiger partial charge on any atom is 0.333 e. The molecular formula is C8H12N2O3. The largest absolute Gasteiger partial charge is 0.494 e. The Bertz CT molecular complexity index is 416. The van der Waals surface area contributed by atoms with Crippen LogP contribution in [0.2, 0.25) is 0 Å². The van der Waals surface area contributed by atoms with Crippen molar-refractivity contribution in [3.05, 3.63) is 26.9 Å². The molecule has 13 heavy (non-hydrogen) atoms. The van der Waals surface area contributed by atoms with Gasteiger partial charge in [-0.15, -0.1) is 0 Å². The zero-order chi connectivity index (χ0) is 10.0. The van der Waals surface area contributed by atoms with Crippen LogP contribution >= 0.6 is 0 Å². The van der Waals surface area contributed by atoms with E-state index in [1.807, 2.05) is 0 Å². The quantitative estimate of drug-likeness (QED) is 0.689. The molecule has 0 fully saturated rings. The Morgan fingerprint density at radius 1 is 1.23 bits per heavy atom. The van der Waals surface area contributed by atoms with Crippen molar-refractivity contribution in [2.24, 2.45) is 0 Å². The average Bonchev–Trinajstić information content (AvgIpc) is 2.04. The summed E-state index contributed by atoms with van der Waals surface area (Å²) in [6.45, 7) is 4.11. The van der Waals surface area contributed by atoms with Gasteiger partial charge in [0.1, 0.15) is 0 Å². The normalized spacial score (nSPS) is 10.3. The van der Waals surface area contributed by atoms with Crippen LogP contribution in [-0.4, -0.2) is 14.2 Å². The van der Waals surface area contributed by atoms with E-state index >= 15 is 0 Å². The third kappa shape index (κ3) is 1.49. The Kier molecular flexibility index (Phi) is 2.55. The van der Waals surface area contributed by atoms with Gasteiger partial charge >= 0.3 is 5.69 Å². The second-order valence-corrected chi connectivity index (χ2v) is 2.61. The molecule has 0 saturated heterocycles. The van der Waals surface area contributed by atoms with Crippen molar-refractivity contribution in [1.82, 2.24) is 9.13 Å². The molecule has 5 nitrogen and oxygen atoms in total. The first-order valence-electron chi connectivity index (χ1n) is 4.15. The summed E-state index contributed by atoms with van der Waals surface area (Å²) in [4.78, 5) is 22.6. The maximum atomic E-state index is 11.4. The molecule has 5 heteroatoms. The fourth-order valence-corrected chi connectivity index (χ4v) is 1.19. The van der Waals surface area contributed by atoms with Gasteiger partial charge in [-0.2, -0.15) is 0 Å². The zero-order valence-corrected chi connectivity index (χ0v) is 7.65. The van der Waals surface area contributed by atoms with Gasteiger partial charge in [0, 0.05) is 13.1 Å². The highest BCUT2D eigenvalue weighted by Crippen LogP contribution is 1.99. The number of nitrogens with zero attached hydrogens (tertiary/aromatic N) is 2. The van der Waals surface area contributed by atoms with Gasteiger partial charge in [-0.3, -0.25) is 13.9 Å². The molecule has 1 aromatic heterocycles. The number of aromatic nitrogens is 2. The highest BCUT2D eigenvalue weighted by Gasteiger charge is 2.06. The van der Waals surface area contributed by atoms with E-state index in [0.29, 0.717) is 13.1 Å². The van der Waals surface area contributed by atoms with Gasteiger partial charge in [0.15, 0.2) is 0 Å². The molecule has 1 N–H and O–H groups in total. The SMILES string of the molecule is CCn1c(O)cc(=O)n(CC)c1=O. The van der Waals surface area contributed by atoms with Crippen LogP contribution in [0.4, 0.5) is 0 Å². The van der Waals surface area contributed by atoms with Gasteiger partial charge in [0.25, 0.3) is 5.56 Å². The molecule has 0 spiro atoms. The topological polar surface area (TPSA) is 64.2 Å². The van der Waals surface area contributed by atoms with Crippen molar-refractivity contribution < 1.29 is 5.11 Å². The van der Waals surface area contributed by atoms with Crippen LogP contribution in [-0.2, 0) is 13.1 Å². The lowest BCUT2D eigenvalue weighted by atomic mass is 10.5. The summed E-state index contributed by atoms with van der Waals surface area (Å²) in [5.74, 6) is -0.276. The van der Waals surface area contributed by atoms with E-state index in [4.69, 9.17) is 0 Å². The fraction of sp³-hybridized carbons (Fsp3) is 0.500. The number of aromatic hydroxyl groups is 1. The van der Waals surface area contributed by atoms with Gasteiger partial charge in [-0.05, 0) is 13.8 Å². The van der Waals surface area contributed by atoms with Crippen LogP contribution in [0.25, 0.3) is 0 Å². The molecule has 0 aliphatic rings. The summed E-state index contributed by atoms with van der Waals surface area (Å²) in [6, 6.07) is 1.05. The lowest BCUT2D eigenvalue weighted by molar-refractivity contribution is 0.395. The lowest BCUT2D eigenvalue weighted by Gasteiger charge is -2.07. The summed E-state index contributed by atoms with van der Waals surface area (Å²) in [7, 11) is 0. The van der Waals surface area contributed by atoms with Gasteiger partial charge < -0.3 is 5.11 Å². The van der Waals surface area contributed by atoms with Gasteiger partial charge in [0.2, 0.25) is 5.88 Å². The predicted octanol–water partition coefficient (Wildman–Crippen LogP) is -0.245. The van der Waals surface area contributed by atoms with Crippen LogP contribution in [0, 0.1) is 0 Å². The Balaban J connectivity index is 3.59. The first-order valence-corrected chi connectivity index (χ1v) is 4.15. The molecule has 0 aromatic carbocycles. The van der Waals surface area contributed by atoms with Crippen molar-refractivity contribution >= 4 is 0 Å². The van der Waals surface area contributed by atoms with Crippen LogP contribution < -0.4 is 11.2 Å². The smallest absolute Gasteiger partial charge is 0.333 e. The third-order valence-corrected chi connectivity index (χ3v) is 1.89. The molecule has 0 aliphatic carbocycles. The van der Waals surface area contributed by atoms with Crippen molar-refractivity contribution in [3.63, 3.8) is 0 Å². The molecule has 0 amide bonds. The van der Waals surface area contributed by atoms with Gasteiger partial charge in [0.05, 0.1) is 6.07 Å². The van der Waals surface area contributed by atoms with Crippen LogP contribution in [0.15, 0.2) is 15.7 Å². The van der Waals surface area contributed by atoms with Crippen LogP contribution in [0.5, 0.6) is 5.88 Å². The Hall–Kier alpha value is -1.52. The minimum absolute atomic E-state index is 0.276. The second-order valence-electron chi connectivity index (χ2n) is 2.61. The van der Waals surface area contributed by atoms with Crippen molar-refractivity contribution in [2.75, 3.05) is 0 Å². The summed E-state index contributed by atoms with van der Waals surface area (Å²) in [6.07, 6.45) is 0. The Morgan fingerprint density at radius 3 is 2.23 bits per heavy atom. The molecule has 0 atom stereocenters. The van der Waals surface area contributed by atoms with Crippen molar-refractivity contribution in [1.29, 1.82) is 0 Å². The van der Waals surface area contributed by atoms with Gasteiger partial charge in [-0.1, -0.05) is 0 Å². The molecule has 1 heterocycles. The second kappa shape index (κ2) is 3.47. The van der Waals surface area contributed by atoms with Crippen LogP contribution in [0.1, 0.15) is 13.8 Å². The first-order chi connectivity index (χ1) is 6.11. The highest BCUT2D eigenvalue weighted by atomic mass is 16.3. The van der Waals surface area contributed by atoms with E-state index in [9.17, 15) is 14.7 Å². The van der Waals surface area contributed by atoms with Crippen molar-refractivity contribution in [3.8, 4) is 5.88 Å². The molecule has 0 unspecified atom stereocenters. The minimum Gasteiger partial charge on any atom is -0.494 e. The predicted molar refractivity (Wildman–Crippen MR) is 48.0 cm³/mol. The first kappa shape index (κ1) is 9.57. The number of hydrogen-bond acceptors (Lipinski definition) is 3. The minimum atomic E-state index is -0.463. The van der Waals surface area contributed by atoms with E-state index in [-0.39, 0.29) is 5.88 Å². The molecule has 0 aliphatic heterocycles. The zero-order valence-electron chi connectivity index (χ0n) is 7.65. The maximum absolute atomic E-state index is 11.4. The third-order valence-electron chi connectivity index (χ3n) is 1.89. The standard InChI is InChI=1S/C8H12N2O3/c1-3-9-6(11)5-7(12)10(4-2)8(9)13/h5,11H,3-4H2,1-2H3. The van der Waals surface area contributed by atoms with E-state index in [2.05, 4.69) is 0 Å². The van der Waals surface area contributed by atoms with E-state index < -0.39 is 11.2 Å². The number of hydrogen-bond donors (Lipinski definition) is 1. The summed E-state index contributed by atoms with van der Waals surface area (Å²) < 4.78 is 2.22. The van der Waals surface area contributed by atoms with Crippen LogP contribution in [0.3, 0.4) is 0 Å². The monoisotopic (exact) mass is 184 g/mol. The molecule has 72 valence electrons. The molecule has 0 radical (unpaired) electrons. The molecule has 1 rings (SSSR count). The van der Waals surface area contributed by atoms with E-state index in [1.54, 1.807) is 13.8 Å². The van der Waals surface area contributed by atoms with Crippen molar-refractivity contribution in [2.45, 2.75) is 26.9 Å². The number of rotatable bonds is 2. The van der Waals surface area contributed by atoms with E-state index in [0.717, 1.165) is 15.2 Å². The summed E-state index contributed by atoms with van der Waals surface area (Å²) in [5.41, 5.74) is -0.926.